The van der Waals surface area contributed by atoms with Crippen LogP contribution < -0.4 is 11.3 Å². The van der Waals surface area contributed by atoms with Gasteiger partial charge in [0.2, 0.25) is 0 Å². The van der Waals surface area contributed by atoms with Crippen LogP contribution in [0.3, 0.4) is 0 Å². The van der Waals surface area contributed by atoms with Gasteiger partial charge in [0.15, 0.2) is 0 Å². The lowest BCUT2D eigenvalue weighted by Crippen LogP contribution is -2.35. The Balaban J connectivity index is 2.13. The van der Waals surface area contributed by atoms with Gasteiger partial charge in [0.1, 0.15) is 0 Å². The van der Waals surface area contributed by atoms with Crippen LogP contribution >= 0.6 is 43.2 Å². The lowest BCUT2D eigenvalue weighted by molar-refractivity contribution is 0.232. The number of hydrogen-bond donors (Lipinski definition) is 2. The molecule has 1 saturated carbocycles. The zero-order valence-electron chi connectivity index (χ0n) is 9.88. The first-order valence-electron chi connectivity index (χ1n) is 6.02. The van der Waals surface area contributed by atoms with Crippen LogP contribution in [-0.4, -0.2) is 0 Å². The van der Waals surface area contributed by atoms with E-state index in [1.165, 1.54) is 35.0 Å². The summed E-state index contributed by atoms with van der Waals surface area (Å²) in [5.41, 5.74) is 4.31. The average molecular weight is 382 g/mol. The summed E-state index contributed by atoms with van der Waals surface area (Å²) in [5.74, 6) is 7.31. The first-order valence-corrected chi connectivity index (χ1v) is 8.43. The van der Waals surface area contributed by atoms with E-state index in [0.29, 0.717) is 5.92 Å². The molecule has 1 fully saturated rings. The molecule has 1 aromatic heterocycles. The molecule has 0 bridgehead atoms. The lowest BCUT2D eigenvalue weighted by atomic mass is 9.78. The van der Waals surface area contributed by atoms with Crippen molar-refractivity contribution < 1.29 is 0 Å². The van der Waals surface area contributed by atoms with Gasteiger partial charge >= 0.3 is 0 Å². The second-order valence-electron chi connectivity index (χ2n) is 4.94. The normalized spacial score (nSPS) is 27.1. The van der Waals surface area contributed by atoms with Gasteiger partial charge in [-0.05, 0) is 68.2 Å². The second-order valence-corrected chi connectivity index (χ2v) is 8.69. The molecule has 1 aliphatic carbocycles. The minimum Gasteiger partial charge on any atom is -0.271 e. The van der Waals surface area contributed by atoms with Crippen molar-refractivity contribution in [2.75, 3.05) is 0 Å². The van der Waals surface area contributed by atoms with E-state index in [4.69, 9.17) is 5.84 Å². The minimum absolute atomic E-state index is 0.277. The Labute approximate surface area is 124 Å². The highest BCUT2D eigenvalue weighted by Crippen LogP contribution is 2.42. The van der Waals surface area contributed by atoms with Gasteiger partial charge in [-0.1, -0.05) is 19.8 Å². The van der Waals surface area contributed by atoms with Gasteiger partial charge < -0.3 is 0 Å². The number of nitrogens with one attached hydrogen (secondary N) is 1. The Hall–Kier alpha value is 0.580. The molecule has 1 aromatic rings. The number of rotatable bonds is 3. The van der Waals surface area contributed by atoms with Crippen LogP contribution in [0.15, 0.2) is 13.6 Å². The lowest BCUT2D eigenvalue weighted by Gasteiger charge is -2.32. The summed E-state index contributed by atoms with van der Waals surface area (Å²) in [6, 6.07) is 2.46. The van der Waals surface area contributed by atoms with E-state index in [2.05, 4.69) is 50.3 Å². The van der Waals surface area contributed by atoms with Crippen molar-refractivity contribution in [1.82, 2.24) is 5.43 Å². The molecule has 0 amide bonds. The van der Waals surface area contributed by atoms with Crippen molar-refractivity contribution in [2.45, 2.75) is 38.6 Å². The summed E-state index contributed by atoms with van der Waals surface area (Å²) in [6.45, 7) is 2.35. The molecule has 17 heavy (non-hydrogen) atoms. The van der Waals surface area contributed by atoms with E-state index >= 15 is 0 Å². The van der Waals surface area contributed by atoms with Crippen molar-refractivity contribution in [3.8, 4) is 0 Å². The van der Waals surface area contributed by atoms with Crippen LogP contribution in [0.2, 0.25) is 0 Å². The van der Waals surface area contributed by atoms with Gasteiger partial charge in [0, 0.05) is 0 Å². The number of thiophene rings is 1. The smallest absolute Gasteiger partial charge is 0.0758 e. The summed E-state index contributed by atoms with van der Waals surface area (Å²) in [6.07, 6.45) is 5.20. The van der Waals surface area contributed by atoms with Crippen LogP contribution in [0.4, 0.5) is 0 Å². The molecule has 2 rings (SSSR count). The number of hydrazine groups is 1. The Morgan fingerprint density at radius 3 is 2.47 bits per heavy atom. The van der Waals surface area contributed by atoms with Gasteiger partial charge in [0.25, 0.3) is 0 Å². The second kappa shape index (κ2) is 6.15. The fourth-order valence-electron chi connectivity index (χ4n) is 2.66. The molecule has 0 spiro atoms. The van der Waals surface area contributed by atoms with Crippen LogP contribution in [0, 0.1) is 11.8 Å². The summed E-state index contributed by atoms with van der Waals surface area (Å²) >= 11 is 8.88. The third-order valence-electron chi connectivity index (χ3n) is 3.73. The zero-order chi connectivity index (χ0) is 12.4. The van der Waals surface area contributed by atoms with Crippen molar-refractivity contribution in [1.29, 1.82) is 0 Å². The van der Waals surface area contributed by atoms with Crippen molar-refractivity contribution >= 4 is 43.2 Å². The summed E-state index contributed by atoms with van der Waals surface area (Å²) < 4.78 is 2.34. The number of nitrogens with two attached hydrogens (primary N) is 1. The quantitative estimate of drug-likeness (QED) is 0.592. The van der Waals surface area contributed by atoms with E-state index in [1.54, 1.807) is 11.3 Å². The van der Waals surface area contributed by atoms with Crippen molar-refractivity contribution in [3.63, 3.8) is 0 Å². The van der Waals surface area contributed by atoms with E-state index in [-0.39, 0.29) is 6.04 Å². The van der Waals surface area contributed by atoms with Gasteiger partial charge in [-0.15, -0.1) is 11.3 Å². The molecule has 1 aliphatic rings. The predicted molar refractivity (Wildman–Crippen MR) is 80.9 cm³/mol. The molecular formula is C12H18Br2N2S. The monoisotopic (exact) mass is 380 g/mol. The number of hydrogen-bond acceptors (Lipinski definition) is 3. The Kier molecular flexibility index (Phi) is 5.06. The maximum atomic E-state index is 5.77. The molecule has 0 saturated heterocycles. The molecule has 0 radical (unpaired) electrons. The van der Waals surface area contributed by atoms with Crippen LogP contribution in [0.5, 0.6) is 0 Å². The van der Waals surface area contributed by atoms with Crippen LogP contribution in [-0.2, 0) is 0 Å². The molecule has 1 atom stereocenters. The predicted octanol–water partition coefficient (Wildman–Crippen LogP) is 4.60. The first-order chi connectivity index (χ1) is 8.11. The van der Waals surface area contributed by atoms with Crippen molar-refractivity contribution in [3.05, 3.63) is 19.2 Å². The van der Waals surface area contributed by atoms with E-state index in [1.807, 2.05) is 0 Å². The molecular weight excluding hydrogens is 364 g/mol. The molecule has 0 aliphatic heterocycles. The molecule has 3 N–H and O–H groups in total. The van der Waals surface area contributed by atoms with Gasteiger partial charge in [-0.3, -0.25) is 11.3 Å². The van der Waals surface area contributed by atoms with E-state index < -0.39 is 0 Å². The molecule has 0 aromatic carbocycles. The highest BCUT2D eigenvalue weighted by molar-refractivity contribution is 9.12. The zero-order valence-corrected chi connectivity index (χ0v) is 13.9. The topological polar surface area (TPSA) is 38.0 Å². The fraction of sp³-hybridized carbons (Fsp3) is 0.667. The fourth-order valence-corrected chi connectivity index (χ4v) is 5.59. The SMILES string of the molecule is CC1CCC(C(NN)c2cc(Br)sc2Br)CC1. The van der Waals surface area contributed by atoms with Gasteiger partial charge in [-0.25, -0.2) is 0 Å². The van der Waals surface area contributed by atoms with E-state index in [0.717, 1.165) is 9.70 Å². The molecule has 5 heteroatoms. The highest BCUT2D eigenvalue weighted by atomic mass is 79.9. The summed E-state index contributed by atoms with van der Waals surface area (Å²) in [7, 11) is 0. The Morgan fingerprint density at radius 2 is 2.00 bits per heavy atom. The maximum Gasteiger partial charge on any atom is 0.0758 e. The maximum absolute atomic E-state index is 5.77. The average Bonchev–Trinajstić information content (AvgIpc) is 2.62. The standard InChI is InChI=1S/C12H18Br2N2S/c1-7-2-4-8(5-3-7)11(16-15)9-6-10(13)17-12(9)14/h6-8,11,16H,2-5,15H2,1H3. The van der Waals surface area contributed by atoms with Crippen LogP contribution in [0.25, 0.3) is 0 Å². The van der Waals surface area contributed by atoms with E-state index in [9.17, 15) is 0 Å². The van der Waals surface area contributed by atoms with Gasteiger partial charge in [0.05, 0.1) is 13.6 Å². The molecule has 96 valence electrons. The highest BCUT2D eigenvalue weighted by Gasteiger charge is 2.28. The van der Waals surface area contributed by atoms with Gasteiger partial charge in [-0.2, -0.15) is 0 Å². The first kappa shape index (κ1) is 14.0. The largest absolute Gasteiger partial charge is 0.271 e. The van der Waals surface area contributed by atoms with Crippen molar-refractivity contribution in [2.24, 2.45) is 17.7 Å². The minimum atomic E-state index is 0.277. The summed E-state index contributed by atoms with van der Waals surface area (Å²) in [4.78, 5) is 0. The number of halogens is 2. The summed E-state index contributed by atoms with van der Waals surface area (Å²) in [5, 5.41) is 0. The van der Waals surface area contributed by atoms with Crippen LogP contribution in [0.1, 0.15) is 44.2 Å². The molecule has 1 heterocycles. The molecule has 1 unspecified atom stereocenters. The Bertz CT molecular complexity index is 373. The Morgan fingerprint density at radius 1 is 1.35 bits per heavy atom. The third kappa shape index (κ3) is 3.32. The third-order valence-corrected chi connectivity index (χ3v) is 6.12. The molecule has 2 nitrogen and oxygen atoms in total.